The Labute approximate surface area is 217 Å². The molecule has 0 bridgehead atoms. The molecular formula is C27H36N6O4. The Balaban J connectivity index is 1.69. The molecule has 1 aliphatic heterocycles. The van der Waals surface area contributed by atoms with Gasteiger partial charge in [0.2, 0.25) is 5.62 Å². The van der Waals surface area contributed by atoms with E-state index in [1.165, 1.54) is 0 Å². The Morgan fingerprint density at radius 1 is 1.24 bits per heavy atom. The van der Waals surface area contributed by atoms with Crippen LogP contribution in [0.3, 0.4) is 0 Å². The molecule has 0 unspecified atom stereocenters. The summed E-state index contributed by atoms with van der Waals surface area (Å²) in [6.07, 6.45) is 0.963. The van der Waals surface area contributed by atoms with Crippen molar-refractivity contribution >= 4 is 22.6 Å². The van der Waals surface area contributed by atoms with Gasteiger partial charge >= 0.3 is 0 Å². The molecule has 10 nitrogen and oxygen atoms in total. The normalized spacial score (nSPS) is 14.4. The molecule has 3 heterocycles. The first-order valence-corrected chi connectivity index (χ1v) is 12.6. The monoisotopic (exact) mass is 508 g/mol. The number of carbonyl (C=O) groups is 1. The van der Waals surface area contributed by atoms with Gasteiger partial charge in [-0.15, -0.1) is 0 Å². The highest BCUT2D eigenvalue weighted by Gasteiger charge is 2.22. The Hall–Kier alpha value is -3.50. The van der Waals surface area contributed by atoms with Gasteiger partial charge in [0.15, 0.2) is 11.5 Å². The maximum absolute atomic E-state index is 13.0. The van der Waals surface area contributed by atoms with Crippen molar-refractivity contribution in [1.29, 1.82) is 0 Å². The van der Waals surface area contributed by atoms with Crippen LogP contribution in [0.4, 0.5) is 5.82 Å². The van der Waals surface area contributed by atoms with Gasteiger partial charge in [-0.3, -0.25) is 19.2 Å². The zero-order valence-corrected chi connectivity index (χ0v) is 22.4. The van der Waals surface area contributed by atoms with Crippen molar-refractivity contribution in [3.8, 4) is 11.5 Å². The van der Waals surface area contributed by atoms with E-state index in [1.807, 2.05) is 16.7 Å². The lowest BCUT2D eigenvalue weighted by atomic mass is 10.2. The number of hydrogen-bond acceptors (Lipinski definition) is 8. The maximum atomic E-state index is 13.0. The minimum atomic E-state index is -0.679. The lowest BCUT2D eigenvalue weighted by Gasteiger charge is -2.32. The van der Waals surface area contributed by atoms with Crippen LogP contribution >= 0.6 is 0 Å². The van der Waals surface area contributed by atoms with E-state index in [2.05, 4.69) is 47.9 Å². The first-order valence-electron chi connectivity index (χ1n) is 12.6. The Morgan fingerprint density at radius 3 is 2.68 bits per heavy atom. The summed E-state index contributed by atoms with van der Waals surface area (Å²) < 4.78 is 13.6. The predicted molar refractivity (Wildman–Crippen MR) is 142 cm³/mol. The third kappa shape index (κ3) is 5.60. The first-order chi connectivity index (χ1) is 17.7. The third-order valence-corrected chi connectivity index (χ3v) is 6.52. The zero-order chi connectivity index (χ0) is 26.7. The van der Waals surface area contributed by atoms with Crippen molar-refractivity contribution in [1.82, 2.24) is 19.4 Å². The highest BCUT2D eigenvalue weighted by atomic mass is 16.5. The number of nitrogens with zero attached hydrogens (tertiary/aromatic N) is 5. The van der Waals surface area contributed by atoms with E-state index >= 15 is 0 Å². The van der Waals surface area contributed by atoms with Gasteiger partial charge in [-0.1, -0.05) is 0 Å². The standard InChI is InChI=1S/C27H36N6O4/c1-16(2)33(17(3)4)14-19(34)15-37-22-10-9-21-23(24(22)36-6)30-27(32-13-12-29-25(21)32)31-26(35)20-8-7-11-28-18(20)5/h7-11,16-17,19,29,34H,12-15H2,1-6H3/t19-/m0/s1. The molecule has 198 valence electrons. The zero-order valence-electron chi connectivity index (χ0n) is 22.4. The summed E-state index contributed by atoms with van der Waals surface area (Å²) >= 11 is 0. The van der Waals surface area contributed by atoms with Gasteiger partial charge in [-0.05, 0) is 58.9 Å². The van der Waals surface area contributed by atoms with E-state index in [0.29, 0.717) is 60.0 Å². The predicted octanol–water partition coefficient (Wildman–Crippen LogP) is 2.77. The fraction of sp³-hybridized carbons (Fsp3) is 0.481. The summed E-state index contributed by atoms with van der Waals surface area (Å²) in [6.45, 7) is 12.1. The van der Waals surface area contributed by atoms with E-state index in [-0.39, 0.29) is 12.2 Å². The van der Waals surface area contributed by atoms with Crippen LogP contribution in [0.2, 0.25) is 0 Å². The van der Waals surface area contributed by atoms with E-state index in [4.69, 9.17) is 14.5 Å². The second-order valence-electron chi connectivity index (χ2n) is 9.73. The summed E-state index contributed by atoms with van der Waals surface area (Å²) in [6, 6.07) is 7.76. The fourth-order valence-corrected chi connectivity index (χ4v) is 4.71. The Kier molecular flexibility index (Phi) is 8.09. The molecule has 1 atom stereocenters. The second-order valence-corrected chi connectivity index (χ2v) is 9.73. The van der Waals surface area contributed by atoms with Crippen LogP contribution in [0.15, 0.2) is 35.5 Å². The molecule has 0 spiro atoms. The van der Waals surface area contributed by atoms with Crippen LogP contribution in [-0.4, -0.2) is 75.4 Å². The van der Waals surface area contributed by atoms with E-state index in [0.717, 1.165) is 11.2 Å². The van der Waals surface area contributed by atoms with Crippen molar-refractivity contribution in [2.45, 2.75) is 59.4 Å². The molecule has 0 saturated heterocycles. The highest BCUT2D eigenvalue weighted by molar-refractivity contribution is 5.97. The van der Waals surface area contributed by atoms with Crippen molar-refractivity contribution in [3.05, 3.63) is 47.3 Å². The van der Waals surface area contributed by atoms with Crippen LogP contribution in [0, 0.1) is 6.92 Å². The largest absolute Gasteiger partial charge is 0.491 e. The van der Waals surface area contributed by atoms with E-state index < -0.39 is 12.0 Å². The molecule has 2 aromatic heterocycles. The van der Waals surface area contributed by atoms with Crippen molar-refractivity contribution in [2.24, 2.45) is 4.99 Å². The molecule has 0 radical (unpaired) electrons. The number of rotatable bonds is 9. The van der Waals surface area contributed by atoms with Gasteiger partial charge in [0.25, 0.3) is 5.91 Å². The number of anilines is 1. The molecule has 37 heavy (non-hydrogen) atoms. The number of methoxy groups -OCH3 is 1. The topological polar surface area (TPSA) is 114 Å². The Bertz CT molecular complexity index is 1340. The van der Waals surface area contributed by atoms with Gasteiger partial charge in [0.05, 0.1) is 18.4 Å². The maximum Gasteiger partial charge on any atom is 0.282 e. The number of pyridine rings is 1. The summed E-state index contributed by atoms with van der Waals surface area (Å²) in [7, 11) is 1.55. The first kappa shape index (κ1) is 26.6. The number of amides is 1. The number of hydrogen-bond donors (Lipinski definition) is 2. The molecule has 0 fully saturated rings. The average Bonchev–Trinajstić information content (AvgIpc) is 3.36. The summed E-state index contributed by atoms with van der Waals surface area (Å²) in [5.41, 5.74) is 1.84. The number of fused-ring (bicyclic) bond motifs is 3. The minimum Gasteiger partial charge on any atom is -0.491 e. The minimum absolute atomic E-state index is 0.103. The van der Waals surface area contributed by atoms with Crippen molar-refractivity contribution in [2.75, 3.05) is 32.1 Å². The van der Waals surface area contributed by atoms with Crippen molar-refractivity contribution < 1.29 is 19.4 Å². The second kappa shape index (κ2) is 11.3. The van der Waals surface area contributed by atoms with E-state index in [9.17, 15) is 9.90 Å². The molecule has 1 aliphatic rings. The molecule has 0 aliphatic carbocycles. The molecule has 0 saturated carbocycles. The molecular weight excluding hydrogens is 472 g/mol. The molecule has 1 amide bonds. The Morgan fingerprint density at radius 2 is 2.00 bits per heavy atom. The third-order valence-electron chi connectivity index (χ3n) is 6.52. The van der Waals surface area contributed by atoms with Gasteiger partial charge < -0.3 is 19.9 Å². The van der Waals surface area contributed by atoms with Gasteiger partial charge in [-0.25, -0.2) is 4.98 Å². The molecule has 2 N–H and O–H groups in total. The number of aliphatic hydroxyl groups excluding tert-OH is 1. The summed E-state index contributed by atoms with van der Waals surface area (Å²) in [4.78, 5) is 28.5. The van der Waals surface area contributed by atoms with Crippen LogP contribution < -0.4 is 20.4 Å². The van der Waals surface area contributed by atoms with Crippen LogP contribution in [-0.2, 0) is 6.54 Å². The van der Waals surface area contributed by atoms with Gasteiger partial charge in [-0.2, -0.15) is 4.99 Å². The molecule has 4 rings (SSSR count). The van der Waals surface area contributed by atoms with E-state index in [1.54, 1.807) is 32.4 Å². The molecule has 10 heteroatoms. The van der Waals surface area contributed by atoms with Crippen LogP contribution in [0.1, 0.15) is 43.7 Å². The number of carbonyl (C=O) groups excluding carboxylic acids is 1. The number of aromatic nitrogens is 3. The van der Waals surface area contributed by atoms with Gasteiger partial charge in [0, 0.05) is 43.3 Å². The summed E-state index contributed by atoms with van der Waals surface area (Å²) in [5, 5.41) is 14.9. The fourth-order valence-electron chi connectivity index (χ4n) is 4.71. The SMILES string of the molecule is COc1c(OC[C@@H](O)CN(C(C)C)C(C)C)ccc2c3n(c(=NC(=O)c4cccnc4C)nc12)CCN3. The molecule has 3 aromatic rings. The number of nitrogens with one attached hydrogen (secondary N) is 1. The van der Waals surface area contributed by atoms with Crippen LogP contribution in [0.5, 0.6) is 11.5 Å². The number of aliphatic hydroxyl groups is 1. The lowest BCUT2D eigenvalue weighted by molar-refractivity contribution is 0.0439. The molecule has 1 aromatic carbocycles. The number of benzene rings is 1. The number of ether oxygens (including phenoxy) is 2. The van der Waals surface area contributed by atoms with Crippen molar-refractivity contribution in [3.63, 3.8) is 0 Å². The summed E-state index contributed by atoms with van der Waals surface area (Å²) in [5.74, 6) is 1.29. The quantitative estimate of drug-likeness (QED) is 0.454. The smallest absolute Gasteiger partial charge is 0.282 e. The average molecular weight is 509 g/mol. The van der Waals surface area contributed by atoms with Gasteiger partial charge in [0.1, 0.15) is 24.0 Å². The number of aryl methyl sites for hydroxylation is 1. The highest BCUT2D eigenvalue weighted by Crippen LogP contribution is 2.37. The van der Waals surface area contributed by atoms with Crippen LogP contribution in [0.25, 0.3) is 10.9 Å². The lowest BCUT2D eigenvalue weighted by Crippen LogP contribution is -2.43.